The first-order valence-electron chi connectivity index (χ1n) is 9.78. The number of terminal acetylenes is 1. The molecule has 0 spiro atoms. The van der Waals surface area contributed by atoms with E-state index < -0.39 is 15.9 Å². The van der Waals surface area contributed by atoms with E-state index in [0.717, 1.165) is 26.4 Å². The molecule has 0 radical (unpaired) electrons. The minimum Gasteiger partial charge on any atom is -0.305 e. The zero-order chi connectivity index (χ0) is 22.9. The third kappa shape index (κ3) is 4.69. The molecule has 1 fully saturated rings. The van der Waals surface area contributed by atoms with Crippen molar-refractivity contribution in [1.82, 2.24) is 8.87 Å². The summed E-state index contributed by atoms with van der Waals surface area (Å²) in [6, 6.07) is 9.12. The summed E-state index contributed by atoms with van der Waals surface area (Å²) in [5.41, 5.74) is 0.930. The largest absolute Gasteiger partial charge is 0.305 e. The Morgan fingerprint density at radius 1 is 1.34 bits per heavy atom. The second kappa shape index (κ2) is 9.71. The molecule has 3 heterocycles. The van der Waals surface area contributed by atoms with E-state index >= 15 is 0 Å². The molecule has 4 rings (SSSR count). The van der Waals surface area contributed by atoms with Crippen molar-refractivity contribution >= 4 is 72.2 Å². The molecular formula is C21H20ClN3O3S4. The molecule has 0 aliphatic carbocycles. The summed E-state index contributed by atoms with van der Waals surface area (Å²) in [6.07, 6.45) is 8.75. The van der Waals surface area contributed by atoms with E-state index in [9.17, 15) is 13.2 Å². The van der Waals surface area contributed by atoms with Crippen LogP contribution in [0.1, 0.15) is 12.8 Å². The zero-order valence-electron chi connectivity index (χ0n) is 17.2. The maximum absolute atomic E-state index is 13.1. The van der Waals surface area contributed by atoms with Gasteiger partial charge < -0.3 is 4.57 Å². The van der Waals surface area contributed by atoms with Gasteiger partial charge in [0, 0.05) is 18.0 Å². The van der Waals surface area contributed by atoms with E-state index in [2.05, 4.69) is 17.0 Å². The monoisotopic (exact) mass is 525 g/mol. The smallest absolute Gasteiger partial charge is 0.252 e. The number of halogens is 1. The molecule has 2 aromatic heterocycles. The van der Waals surface area contributed by atoms with Crippen LogP contribution in [0.2, 0.25) is 4.34 Å². The minimum atomic E-state index is -3.68. The third-order valence-electron chi connectivity index (χ3n) is 5.22. The number of nitrogens with zero attached hydrogens (tertiary/aromatic N) is 3. The molecule has 1 amide bonds. The summed E-state index contributed by atoms with van der Waals surface area (Å²) in [5.74, 6) is 1.80. The molecule has 1 saturated heterocycles. The molecule has 1 aliphatic rings. The summed E-state index contributed by atoms with van der Waals surface area (Å²) < 4.78 is 30.7. The SMILES string of the molecule is C#CCn1c(=NC(=O)C2CCCN(S(=O)(=O)c3ccc(Cl)s3)C2)sc2cc(SC)ccc21. The van der Waals surface area contributed by atoms with Gasteiger partial charge in [-0.1, -0.05) is 28.9 Å². The van der Waals surface area contributed by atoms with Crippen molar-refractivity contribution < 1.29 is 13.2 Å². The van der Waals surface area contributed by atoms with Gasteiger partial charge in [-0.15, -0.1) is 29.5 Å². The van der Waals surface area contributed by atoms with Crippen molar-refractivity contribution in [3.63, 3.8) is 0 Å². The summed E-state index contributed by atoms with van der Waals surface area (Å²) in [5, 5.41) is 0. The van der Waals surface area contributed by atoms with Crippen LogP contribution in [0.5, 0.6) is 0 Å². The number of benzene rings is 1. The van der Waals surface area contributed by atoms with E-state index in [1.54, 1.807) is 17.8 Å². The average Bonchev–Trinajstić information content (AvgIpc) is 3.37. The summed E-state index contributed by atoms with van der Waals surface area (Å²) >= 11 is 9.99. The topological polar surface area (TPSA) is 71.7 Å². The van der Waals surface area contributed by atoms with Crippen LogP contribution in [-0.2, 0) is 21.4 Å². The Morgan fingerprint density at radius 2 is 2.16 bits per heavy atom. The minimum absolute atomic E-state index is 0.108. The van der Waals surface area contributed by atoms with Gasteiger partial charge in [-0.05, 0) is 49.4 Å². The number of carbonyl (C=O) groups excluding carboxylic acids is 1. The van der Waals surface area contributed by atoms with Crippen molar-refractivity contribution in [2.45, 2.75) is 28.5 Å². The summed E-state index contributed by atoms with van der Waals surface area (Å²) in [4.78, 5) is 19.1. The quantitative estimate of drug-likeness (QED) is 0.368. The predicted molar refractivity (Wildman–Crippen MR) is 132 cm³/mol. The fourth-order valence-corrected chi connectivity index (χ4v) is 8.37. The highest BCUT2D eigenvalue weighted by Crippen LogP contribution is 2.31. The van der Waals surface area contributed by atoms with E-state index in [0.29, 0.717) is 35.1 Å². The van der Waals surface area contributed by atoms with Crippen LogP contribution in [0.25, 0.3) is 10.2 Å². The molecular weight excluding hydrogens is 506 g/mol. The van der Waals surface area contributed by atoms with Crippen molar-refractivity contribution in [1.29, 1.82) is 0 Å². The first kappa shape index (κ1) is 23.5. The van der Waals surface area contributed by atoms with Crippen LogP contribution < -0.4 is 4.80 Å². The van der Waals surface area contributed by atoms with Crippen LogP contribution in [0.15, 0.2) is 44.4 Å². The Kier molecular flexibility index (Phi) is 7.14. The molecule has 0 saturated carbocycles. The van der Waals surface area contributed by atoms with Crippen molar-refractivity contribution in [2.24, 2.45) is 10.9 Å². The second-order valence-electron chi connectivity index (χ2n) is 7.22. The van der Waals surface area contributed by atoms with Gasteiger partial charge in [0.1, 0.15) is 4.21 Å². The first-order chi connectivity index (χ1) is 15.3. The first-order valence-corrected chi connectivity index (χ1v) is 14.5. The number of sulfonamides is 1. The van der Waals surface area contributed by atoms with E-state index in [1.807, 2.05) is 23.0 Å². The molecule has 1 aliphatic heterocycles. The van der Waals surface area contributed by atoms with Gasteiger partial charge in [-0.2, -0.15) is 9.30 Å². The molecule has 6 nitrogen and oxygen atoms in total. The van der Waals surface area contributed by atoms with Gasteiger partial charge in [-0.25, -0.2) is 8.42 Å². The lowest BCUT2D eigenvalue weighted by Gasteiger charge is -2.29. The van der Waals surface area contributed by atoms with Crippen LogP contribution in [0, 0.1) is 18.3 Å². The Balaban J connectivity index is 1.64. The molecule has 0 bridgehead atoms. The molecule has 32 heavy (non-hydrogen) atoms. The fraction of sp³-hybridized carbons (Fsp3) is 0.333. The summed E-state index contributed by atoms with van der Waals surface area (Å²) in [6.45, 7) is 0.783. The van der Waals surface area contributed by atoms with Gasteiger partial charge in [0.05, 0.1) is 27.0 Å². The maximum atomic E-state index is 13.1. The molecule has 1 aromatic carbocycles. The van der Waals surface area contributed by atoms with E-state index in [-0.39, 0.29) is 16.7 Å². The van der Waals surface area contributed by atoms with Gasteiger partial charge in [0.2, 0.25) is 0 Å². The lowest BCUT2D eigenvalue weighted by Crippen LogP contribution is -2.42. The van der Waals surface area contributed by atoms with Crippen molar-refractivity contribution in [2.75, 3.05) is 19.3 Å². The molecule has 0 N–H and O–H groups in total. The van der Waals surface area contributed by atoms with Crippen molar-refractivity contribution in [3.8, 4) is 12.3 Å². The fourth-order valence-electron chi connectivity index (χ4n) is 3.62. The third-order valence-corrected chi connectivity index (χ3v) is 10.6. The number of amides is 1. The Hall–Kier alpha value is -1.61. The summed E-state index contributed by atoms with van der Waals surface area (Å²) in [7, 11) is -3.68. The van der Waals surface area contributed by atoms with Crippen LogP contribution in [0.4, 0.5) is 0 Å². The normalized spacial score (nSPS) is 18.2. The van der Waals surface area contributed by atoms with Gasteiger partial charge in [0.25, 0.3) is 15.9 Å². The Morgan fingerprint density at radius 3 is 2.84 bits per heavy atom. The highest BCUT2D eigenvalue weighted by Gasteiger charge is 2.34. The zero-order valence-corrected chi connectivity index (χ0v) is 21.2. The number of piperidine rings is 1. The molecule has 1 unspecified atom stereocenters. The number of thiophene rings is 1. The van der Waals surface area contributed by atoms with Gasteiger partial charge in [-0.3, -0.25) is 4.79 Å². The van der Waals surface area contributed by atoms with Crippen LogP contribution in [-0.4, -0.2) is 42.5 Å². The molecule has 168 valence electrons. The number of hydrogen-bond acceptors (Lipinski definition) is 6. The molecule has 11 heteroatoms. The average molecular weight is 526 g/mol. The Labute approximate surface area is 204 Å². The standard InChI is InChI=1S/C21H20ClN3O3S4/c1-3-10-25-16-7-6-15(29-2)12-17(16)30-21(25)23-20(26)14-5-4-11-24(13-14)32(27,28)19-9-8-18(22)31-19/h1,6-9,12,14H,4-5,10-11,13H2,2H3. The number of thioether (sulfide) groups is 1. The lowest BCUT2D eigenvalue weighted by molar-refractivity contribution is -0.122. The van der Waals surface area contributed by atoms with Crippen molar-refractivity contribution in [3.05, 3.63) is 39.5 Å². The number of thiazole rings is 1. The highest BCUT2D eigenvalue weighted by molar-refractivity contribution is 7.98. The van der Waals surface area contributed by atoms with Crippen LogP contribution in [0.3, 0.4) is 0 Å². The predicted octanol–water partition coefficient (Wildman–Crippen LogP) is 4.30. The van der Waals surface area contributed by atoms with E-state index in [1.165, 1.54) is 21.7 Å². The molecule has 1 atom stereocenters. The number of aromatic nitrogens is 1. The highest BCUT2D eigenvalue weighted by atomic mass is 35.5. The van der Waals surface area contributed by atoms with Gasteiger partial charge >= 0.3 is 0 Å². The number of hydrogen-bond donors (Lipinski definition) is 0. The maximum Gasteiger partial charge on any atom is 0.252 e. The van der Waals surface area contributed by atoms with Gasteiger partial charge in [0.15, 0.2) is 4.80 Å². The number of fused-ring (bicyclic) bond motifs is 1. The van der Waals surface area contributed by atoms with Crippen LogP contribution >= 0.6 is 46.0 Å². The second-order valence-corrected chi connectivity index (χ2v) is 13.0. The number of rotatable bonds is 5. The molecule has 3 aromatic rings. The lowest BCUT2D eigenvalue weighted by atomic mass is 9.99. The van der Waals surface area contributed by atoms with E-state index in [4.69, 9.17) is 18.0 Å². The number of carbonyl (C=O) groups is 1. The Bertz CT molecular complexity index is 1380.